The molecule has 2 aromatic rings. The predicted molar refractivity (Wildman–Crippen MR) is 67.1 cm³/mol. The average molecular weight is 244 g/mol. The molecule has 92 valence electrons. The van der Waals surface area contributed by atoms with Gasteiger partial charge in [0.2, 0.25) is 0 Å². The maximum atomic E-state index is 11.1. The quantitative estimate of drug-likeness (QED) is 0.871. The highest BCUT2D eigenvalue weighted by atomic mass is 16.5. The lowest BCUT2D eigenvalue weighted by molar-refractivity contribution is 0.0697. The number of aromatic carboxylic acids is 1. The molecule has 0 saturated carbocycles. The molecule has 0 atom stereocenters. The lowest BCUT2D eigenvalue weighted by atomic mass is 9.99. The van der Waals surface area contributed by atoms with Gasteiger partial charge in [-0.05, 0) is 41.5 Å². The first-order valence-corrected chi connectivity index (χ1v) is 5.32. The smallest absolute Gasteiger partial charge is 0.336 e. The van der Waals surface area contributed by atoms with Gasteiger partial charge in [-0.3, -0.25) is 0 Å². The number of carbonyl (C=O) groups is 1. The van der Waals surface area contributed by atoms with Gasteiger partial charge >= 0.3 is 5.97 Å². The highest BCUT2D eigenvalue weighted by Crippen LogP contribution is 2.29. The van der Waals surface area contributed by atoms with Crippen molar-refractivity contribution in [3.63, 3.8) is 0 Å². The second kappa shape index (κ2) is 4.79. The first kappa shape index (κ1) is 12.0. The van der Waals surface area contributed by atoms with Crippen molar-refractivity contribution in [1.29, 1.82) is 0 Å². The van der Waals surface area contributed by atoms with Crippen LogP contribution in [0.3, 0.4) is 0 Å². The Morgan fingerprint density at radius 3 is 2.61 bits per heavy atom. The summed E-state index contributed by atoms with van der Waals surface area (Å²) in [6.45, 7) is 0. The molecule has 4 nitrogen and oxygen atoms in total. The summed E-state index contributed by atoms with van der Waals surface area (Å²) >= 11 is 0. The Morgan fingerprint density at radius 2 is 1.94 bits per heavy atom. The second-order valence-corrected chi connectivity index (χ2v) is 3.77. The van der Waals surface area contributed by atoms with E-state index in [4.69, 9.17) is 9.84 Å². The van der Waals surface area contributed by atoms with Gasteiger partial charge in [-0.1, -0.05) is 12.1 Å². The van der Waals surface area contributed by atoms with Crippen molar-refractivity contribution < 1.29 is 19.7 Å². The van der Waals surface area contributed by atoms with E-state index in [-0.39, 0.29) is 11.3 Å². The second-order valence-electron chi connectivity index (χ2n) is 3.77. The van der Waals surface area contributed by atoms with Crippen LogP contribution in [-0.4, -0.2) is 23.3 Å². The van der Waals surface area contributed by atoms with E-state index in [1.54, 1.807) is 31.4 Å². The summed E-state index contributed by atoms with van der Waals surface area (Å²) in [6, 6.07) is 11.2. The lowest BCUT2D eigenvalue weighted by Crippen LogP contribution is -1.99. The molecule has 0 unspecified atom stereocenters. The van der Waals surface area contributed by atoms with Crippen LogP contribution in [0, 0.1) is 0 Å². The molecule has 0 aliphatic heterocycles. The SMILES string of the molecule is COc1cccc(-c2cc(O)ccc2C(=O)O)c1. The average Bonchev–Trinajstić information content (AvgIpc) is 2.38. The van der Waals surface area contributed by atoms with Gasteiger partial charge in [0.15, 0.2) is 0 Å². The van der Waals surface area contributed by atoms with Crippen molar-refractivity contribution in [2.24, 2.45) is 0 Å². The number of phenols is 1. The van der Waals surface area contributed by atoms with Crippen molar-refractivity contribution >= 4 is 5.97 Å². The van der Waals surface area contributed by atoms with Gasteiger partial charge in [-0.15, -0.1) is 0 Å². The van der Waals surface area contributed by atoms with Crippen molar-refractivity contribution in [2.45, 2.75) is 0 Å². The van der Waals surface area contributed by atoms with Gasteiger partial charge in [0.1, 0.15) is 11.5 Å². The van der Waals surface area contributed by atoms with E-state index < -0.39 is 5.97 Å². The standard InChI is InChI=1S/C14H12O4/c1-18-11-4-2-3-9(7-11)13-8-10(15)5-6-12(13)14(16)17/h2-8,15H,1H3,(H,16,17). The Morgan fingerprint density at radius 1 is 1.17 bits per heavy atom. The number of phenolic OH excluding ortho intramolecular Hbond substituents is 1. The third-order valence-corrected chi connectivity index (χ3v) is 2.61. The fraction of sp³-hybridized carbons (Fsp3) is 0.0714. The number of hydrogen-bond acceptors (Lipinski definition) is 3. The zero-order valence-electron chi connectivity index (χ0n) is 9.75. The summed E-state index contributed by atoms with van der Waals surface area (Å²) in [5.41, 5.74) is 1.28. The van der Waals surface area contributed by atoms with Crippen LogP contribution in [0.25, 0.3) is 11.1 Å². The molecular formula is C14H12O4. The fourth-order valence-electron chi connectivity index (χ4n) is 1.75. The van der Waals surface area contributed by atoms with Gasteiger partial charge in [-0.2, -0.15) is 0 Å². The van der Waals surface area contributed by atoms with E-state index in [1.807, 2.05) is 0 Å². The van der Waals surface area contributed by atoms with Crippen LogP contribution in [0.15, 0.2) is 42.5 Å². The number of rotatable bonds is 3. The highest BCUT2D eigenvalue weighted by molar-refractivity contribution is 5.96. The molecule has 0 radical (unpaired) electrons. The Labute approximate surface area is 104 Å². The van der Waals surface area contributed by atoms with Gasteiger partial charge < -0.3 is 14.9 Å². The maximum Gasteiger partial charge on any atom is 0.336 e. The number of ether oxygens (including phenoxy) is 1. The van der Waals surface area contributed by atoms with Crippen LogP contribution in [0.1, 0.15) is 10.4 Å². The first-order valence-electron chi connectivity index (χ1n) is 5.32. The molecular weight excluding hydrogens is 232 g/mol. The number of hydrogen-bond donors (Lipinski definition) is 2. The van der Waals surface area contributed by atoms with E-state index in [9.17, 15) is 9.90 Å². The Bertz CT molecular complexity index is 590. The number of benzene rings is 2. The molecule has 0 aliphatic carbocycles. The van der Waals surface area contributed by atoms with Crippen molar-refractivity contribution in [3.8, 4) is 22.6 Å². The molecule has 2 rings (SSSR count). The largest absolute Gasteiger partial charge is 0.508 e. The number of carboxylic acids is 1. The Balaban J connectivity index is 2.61. The van der Waals surface area contributed by atoms with E-state index in [0.29, 0.717) is 16.9 Å². The molecule has 4 heteroatoms. The summed E-state index contributed by atoms with van der Waals surface area (Å²) in [4.78, 5) is 11.1. The highest BCUT2D eigenvalue weighted by Gasteiger charge is 2.12. The summed E-state index contributed by atoms with van der Waals surface area (Å²) in [7, 11) is 1.54. The van der Waals surface area contributed by atoms with Crippen LogP contribution in [0.2, 0.25) is 0 Å². The molecule has 18 heavy (non-hydrogen) atoms. The zero-order chi connectivity index (χ0) is 13.1. The van der Waals surface area contributed by atoms with Crippen LogP contribution in [0.4, 0.5) is 0 Å². The number of methoxy groups -OCH3 is 1. The summed E-state index contributed by atoms with van der Waals surface area (Å²) in [5, 5.41) is 18.6. The third kappa shape index (κ3) is 2.27. The Kier molecular flexibility index (Phi) is 3.19. The van der Waals surface area contributed by atoms with Crippen LogP contribution >= 0.6 is 0 Å². The molecule has 0 spiro atoms. The number of carboxylic acid groups (broad SMARTS) is 1. The molecule has 0 amide bonds. The van der Waals surface area contributed by atoms with Crippen molar-refractivity contribution in [1.82, 2.24) is 0 Å². The minimum Gasteiger partial charge on any atom is -0.508 e. The van der Waals surface area contributed by atoms with Crippen LogP contribution in [-0.2, 0) is 0 Å². The summed E-state index contributed by atoms with van der Waals surface area (Å²) in [5.74, 6) is -0.377. The third-order valence-electron chi connectivity index (χ3n) is 2.61. The van der Waals surface area contributed by atoms with Crippen LogP contribution < -0.4 is 4.74 Å². The number of aromatic hydroxyl groups is 1. The fourth-order valence-corrected chi connectivity index (χ4v) is 1.75. The summed E-state index contributed by atoms with van der Waals surface area (Å²) < 4.78 is 5.10. The molecule has 0 aromatic heterocycles. The normalized spacial score (nSPS) is 10.1. The molecule has 0 saturated heterocycles. The molecule has 2 aromatic carbocycles. The zero-order valence-corrected chi connectivity index (χ0v) is 9.75. The Hall–Kier alpha value is -2.49. The monoisotopic (exact) mass is 244 g/mol. The van der Waals surface area contributed by atoms with Gasteiger partial charge in [0, 0.05) is 0 Å². The minimum absolute atomic E-state index is 0.0258. The molecule has 0 fully saturated rings. The molecule has 0 heterocycles. The van der Waals surface area contributed by atoms with Gasteiger partial charge in [-0.25, -0.2) is 4.79 Å². The molecule has 0 bridgehead atoms. The minimum atomic E-state index is -1.03. The van der Waals surface area contributed by atoms with Crippen molar-refractivity contribution in [2.75, 3.05) is 7.11 Å². The first-order chi connectivity index (χ1) is 8.61. The van der Waals surface area contributed by atoms with Crippen molar-refractivity contribution in [3.05, 3.63) is 48.0 Å². The molecule has 0 aliphatic rings. The lowest BCUT2D eigenvalue weighted by Gasteiger charge is -2.08. The van der Waals surface area contributed by atoms with E-state index in [0.717, 1.165) is 0 Å². The maximum absolute atomic E-state index is 11.1. The summed E-state index contributed by atoms with van der Waals surface area (Å²) in [6.07, 6.45) is 0. The topological polar surface area (TPSA) is 66.8 Å². The van der Waals surface area contributed by atoms with E-state index in [2.05, 4.69) is 0 Å². The van der Waals surface area contributed by atoms with E-state index >= 15 is 0 Å². The van der Waals surface area contributed by atoms with E-state index in [1.165, 1.54) is 18.2 Å². The van der Waals surface area contributed by atoms with Crippen LogP contribution in [0.5, 0.6) is 11.5 Å². The van der Waals surface area contributed by atoms with Gasteiger partial charge in [0.25, 0.3) is 0 Å². The molecule has 2 N–H and O–H groups in total. The predicted octanol–water partition coefficient (Wildman–Crippen LogP) is 2.77. The van der Waals surface area contributed by atoms with Gasteiger partial charge in [0.05, 0.1) is 12.7 Å².